The largest absolute Gasteiger partial charge is 0.494 e. The third-order valence-corrected chi connectivity index (χ3v) is 5.82. The lowest BCUT2D eigenvalue weighted by atomic mass is 9.78. The highest BCUT2D eigenvalue weighted by atomic mass is 16.7. The third kappa shape index (κ3) is 3.22. The van der Waals surface area contributed by atoms with E-state index in [1.54, 1.807) is 0 Å². The first-order chi connectivity index (χ1) is 12.4. The maximum atomic E-state index is 6.12. The van der Waals surface area contributed by atoms with Gasteiger partial charge < -0.3 is 14.0 Å². The van der Waals surface area contributed by atoms with Gasteiger partial charge in [0.15, 0.2) is 0 Å². The predicted molar refractivity (Wildman–Crippen MR) is 102 cm³/mol. The second-order valence-electron chi connectivity index (χ2n) is 8.24. The predicted octanol–water partition coefficient (Wildman–Crippen LogP) is 3.55. The standard InChI is InChI=1S/C20H27BN2O3/c1-19(2)20(3,4)26-21(25-19)17-10-8-15(9-11-17)16-13-22-23(14-16)18-7-5-6-12-24-18/h8-11,13-14,18H,5-7,12H2,1-4H3. The summed E-state index contributed by atoms with van der Waals surface area (Å²) in [4.78, 5) is 0. The van der Waals surface area contributed by atoms with Gasteiger partial charge in [0.05, 0.1) is 17.4 Å². The molecule has 0 amide bonds. The molecular formula is C20H27BN2O3. The topological polar surface area (TPSA) is 45.5 Å². The van der Waals surface area contributed by atoms with Crippen molar-refractivity contribution in [2.75, 3.05) is 6.61 Å². The van der Waals surface area contributed by atoms with Crippen molar-refractivity contribution >= 4 is 12.6 Å². The molecule has 1 aromatic carbocycles. The van der Waals surface area contributed by atoms with Crippen molar-refractivity contribution < 1.29 is 14.0 Å². The molecule has 0 bridgehead atoms. The average Bonchev–Trinajstić information content (AvgIpc) is 3.19. The summed E-state index contributed by atoms with van der Waals surface area (Å²) in [5, 5.41) is 4.50. The van der Waals surface area contributed by atoms with Crippen LogP contribution < -0.4 is 5.46 Å². The molecule has 0 spiro atoms. The summed E-state index contributed by atoms with van der Waals surface area (Å²) in [7, 11) is -0.326. The quantitative estimate of drug-likeness (QED) is 0.791. The van der Waals surface area contributed by atoms with E-state index in [1.807, 2.05) is 10.9 Å². The summed E-state index contributed by atoms with van der Waals surface area (Å²) in [6, 6.07) is 8.35. The zero-order valence-electron chi connectivity index (χ0n) is 16.1. The highest BCUT2D eigenvalue weighted by molar-refractivity contribution is 6.62. The van der Waals surface area contributed by atoms with Crippen molar-refractivity contribution in [3.8, 4) is 11.1 Å². The van der Waals surface area contributed by atoms with Gasteiger partial charge in [0, 0.05) is 18.4 Å². The number of hydrogen-bond donors (Lipinski definition) is 0. The Morgan fingerprint density at radius 1 is 1.00 bits per heavy atom. The molecule has 2 aliphatic rings. The van der Waals surface area contributed by atoms with Crippen LogP contribution in [0.4, 0.5) is 0 Å². The Bertz CT molecular complexity index is 748. The van der Waals surface area contributed by atoms with Crippen LogP contribution in [0.1, 0.15) is 53.2 Å². The molecule has 3 heterocycles. The van der Waals surface area contributed by atoms with E-state index >= 15 is 0 Å². The molecule has 6 heteroatoms. The van der Waals surface area contributed by atoms with Crippen LogP contribution in [-0.4, -0.2) is 34.7 Å². The number of rotatable bonds is 3. The van der Waals surface area contributed by atoms with E-state index < -0.39 is 0 Å². The molecule has 26 heavy (non-hydrogen) atoms. The molecule has 4 rings (SSSR count). The van der Waals surface area contributed by atoms with Crippen LogP contribution in [0.2, 0.25) is 0 Å². The summed E-state index contributed by atoms with van der Waals surface area (Å²) < 4.78 is 20.0. The summed E-state index contributed by atoms with van der Waals surface area (Å²) in [5.74, 6) is 0. The van der Waals surface area contributed by atoms with E-state index in [9.17, 15) is 0 Å². The third-order valence-electron chi connectivity index (χ3n) is 5.82. The molecule has 2 fully saturated rings. The number of nitrogens with zero attached hydrogens (tertiary/aromatic N) is 2. The molecule has 0 radical (unpaired) electrons. The molecule has 1 atom stereocenters. The smallest absolute Gasteiger partial charge is 0.399 e. The summed E-state index contributed by atoms with van der Waals surface area (Å²) >= 11 is 0. The molecular weight excluding hydrogens is 327 g/mol. The SMILES string of the molecule is CC1(C)OB(c2ccc(-c3cnn(C4CCCCO4)c3)cc2)OC1(C)C. The van der Waals surface area contributed by atoms with Gasteiger partial charge in [-0.15, -0.1) is 0 Å². The Morgan fingerprint density at radius 2 is 1.69 bits per heavy atom. The van der Waals surface area contributed by atoms with E-state index in [0.29, 0.717) is 0 Å². The van der Waals surface area contributed by atoms with Crippen molar-refractivity contribution in [2.45, 2.75) is 64.4 Å². The second kappa shape index (κ2) is 6.52. The first-order valence-corrected chi connectivity index (χ1v) is 9.47. The molecule has 0 saturated carbocycles. The number of benzene rings is 1. The molecule has 2 aromatic rings. The van der Waals surface area contributed by atoms with E-state index in [1.165, 1.54) is 6.42 Å². The lowest BCUT2D eigenvalue weighted by molar-refractivity contribution is -0.0394. The Balaban J connectivity index is 1.49. The van der Waals surface area contributed by atoms with E-state index in [0.717, 1.165) is 36.0 Å². The van der Waals surface area contributed by atoms with Gasteiger partial charge in [0.25, 0.3) is 0 Å². The van der Waals surface area contributed by atoms with Gasteiger partial charge in [-0.2, -0.15) is 5.10 Å². The van der Waals surface area contributed by atoms with Crippen molar-refractivity contribution in [3.05, 3.63) is 36.7 Å². The Kier molecular flexibility index (Phi) is 4.45. The van der Waals surface area contributed by atoms with Crippen molar-refractivity contribution in [2.24, 2.45) is 0 Å². The van der Waals surface area contributed by atoms with E-state index in [4.69, 9.17) is 14.0 Å². The molecule has 0 aliphatic carbocycles. The number of ether oxygens (including phenoxy) is 1. The first-order valence-electron chi connectivity index (χ1n) is 9.47. The fourth-order valence-electron chi connectivity index (χ4n) is 3.39. The zero-order valence-corrected chi connectivity index (χ0v) is 16.1. The van der Waals surface area contributed by atoms with Crippen molar-refractivity contribution in [3.63, 3.8) is 0 Å². The van der Waals surface area contributed by atoms with Crippen LogP contribution in [0.3, 0.4) is 0 Å². The average molecular weight is 354 g/mol. The summed E-state index contributed by atoms with van der Waals surface area (Å²) in [5.41, 5.74) is 2.62. The van der Waals surface area contributed by atoms with Gasteiger partial charge in [0.1, 0.15) is 6.23 Å². The molecule has 2 aliphatic heterocycles. The Morgan fingerprint density at radius 3 is 2.31 bits per heavy atom. The van der Waals surface area contributed by atoms with E-state index in [-0.39, 0.29) is 24.5 Å². The van der Waals surface area contributed by atoms with E-state index in [2.05, 4.69) is 63.3 Å². The highest BCUT2D eigenvalue weighted by Crippen LogP contribution is 2.36. The van der Waals surface area contributed by atoms with Crippen molar-refractivity contribution in [1.29, 1.82) is 0 Å². The Labute approximate surface area is 155 Å². The lowest BCUT2D eigenvalue weighted by Gasteiger charge is -2.32. The van der Waals surface area contributed by atoms with Crippen LogP contribution in [0.5, 0.6) is 0 Å². The molecule has 1 unspecified atom stereocenters. The monoisotopic (exact) mass is 354 g/mol. The van der Waals surface area contributed by atoms with Crippen LogP contribution in [0.15, 0.2) is 36.7 Å². The second-order valence-corrected chi connectivity index (χ2v) is 8.24. The van der Waals surface area contributed by atoms with Gasteiger partial charge in [-0.25, -0.2) is 4.68 Å². The maximum Gasteiger partial charge on any atom is 0.494 e. The fourth-order valence-corrected chi connectivity index (χ4v) is 3.39. The normalized spacial score (nSPS) is 24.8. The van der Waals surface area contributed by atoms with Gasteiger partial charge >= 0.3 is 7.12 Å². The van der Waals surface area contributed by atoms with Crippen LogP contribution >= 0.6 is 0 Å². The molecule has 5 nitrogen and oxygen atoms in total. The molecule has 2 saturated heterocycles. The minimum Gasteiger partial charge on any atom is -0.399 e. The zero-order chi connectivity index (χ0) is 18.4. The minimum absolute atomic E-state index is 0.0709. The van der Waals surface area contributed by atoms with Gasteiger partial charge in [0.2, 0.25) is 0 Å². The fraction of sp³-hybridized carbons (Fsp3) is 0.550. The lowest BCUT2D eigenvalue weighted by Crippen LogP contribution is -2.41. The highest BCUT2D eigenvalue weighted by Gasteiger charge is 2.51. The first kappa shape index (κ1) is 17.8. The van der Waals surface area contributed by atoms with Crippen molar-refractivity contribution in [1.82, 2.24) is 9.78 Å². The van der Waals surface area contributed by atoms with Gasteiger partial charge in [-0.3, -0.25) is 0 Å². The molecule has 138 valence electrons. The van der Waals surface area contributed by atoms with Gasteiger partial charge in [-0.05, 0) is 58.0 Å². The minimum atomic E-state index is -0.326. The molecule has 1 aromatic heterocycles. The Hall–Kier alpha value is -1.63. The van der Waals surface area contributed by atoms with Crippen LogP contribution in [0.25, 0.3) is 11.1 Å². The summed E-state index contributed by atoms with van der Waals surface area (Å²) in [6.07, 6.45) is 7.42. The number of aromatic nitrogens is 2. The number of hydrogen-bond acceptors (Lipinski definition) is 4. The van der Waals surface area contributed by atoms with Gasteiger partial charge in [-0.1, -0.05) is 24.3 Å². The van der Waals surface area contributed by atoms with Crippen LogP contribution in [0, 0.1) is 0 Å². The van der Waals surface area contributed by atoms with Crippen LogP contribution in [-0.2, 0) is 14.0 Å². The maximum absolute atomic E-state index is 6.12. The molecule has 0 N–H and O–H groups in total. The summed E-state index contributed by atoms with van der Waals surface area (Å²) in [6.45, 7) is 9.11.